The maximum Gasteiger partial charge on any atom is 0.387 e. The molecule has 0 aliphatic carbocycles. The summed E-state index contributed by atoms with van der Waals surface area (Å²) in [6.45, 7) is 3.03. The van der Waals surface area contributed by atoms with Crippen LogP contribution in [0.15, 0.2) is 30.5 Å². The van der Waals surface area contributed by atoms with Crippen LogP contribution >= 0.6 is 0 Å². The number of carbonyl (C=O) groups is 1. The topological polar surface area (TPSA) is 78.3 Å². The first-order valence-electron chi connectivity index (χ1n) is 9.05. The second-order valence-corrected chi connectivity index (χ2v) is 6.76. The van der Waals surface area contributed by atoms with Gasteiger partial charge in [-0.2, -0.15) is 13.9 Å². The molecule has 0 aliphatic rings. The first kappa shape index (κ1) is 20.5. The molecule has 3 rings (SSSR count). The van der Waals surface area contributed by atoms with Crippen molar-refractivity contribution >= 4 is 16.9 Å². The number of nitrogens with one attached hydrogen (secondary N) is 1. The zero-order valence-electron chi connectivity index (χ0n) is 16.6. The molecule has 2 heterocycles. The summed E-state index contributed by atoms with van der Waals surface area (Å²) < 4.78 is 36.1. The van der Waals surface area contributed by atoms with Gasteiger partial charge in [0.15, 0.2) is 17.1 Å². The largest absolute Gasteiger partial charge is 0.493 e. The van der Waals surface area contributed by atoms with Crippen molar-refractivity contribution in [2.24, 2.45) is 0 Å². The number of aryl methyl sites for hydroxylation is 1. The Hall–Kier alpha value is -3.23. The van der Waals surface area contributed by atoms with Gasteiger partial charge in [0, 0.05) is 18.0 Å². The molecule has 29 heavy (non-hydrogen) atoms. The summed E-state index contributed by atoms with van der Waals surface area (Å²) in [4.78, 5) is 17.2. The molecule has 0 saturated carbocycles. The van der Waals surface area contributed by atoms with Gasteiger partial charge in [-0.25, -0.2) is 9.67 Å². The lowest BCUT2D eigenvalue weighted by Crippen LogP contribution is -2.24. The van der Waals surface area contributed by atoms with Gasteiger partial charge < -0.3 is 14.8 Å². The number of amides is 1. The van der Waals surface area contributed by atoms with Crippen LogP contribution in [0.5, 0.6) is 11.5 Å². The highest BCUT2D eigenvalue weighted by Crippen LogP contribution is 2.29. The first-order valence-corrected chi connectivity index (χ1v) is 9.05. The minimum Gasteiger partial charge on any atom is -0.493 e. The van der Waals surface area contributed by atoms with E-state index in [4.69, 9.17) is 4.74 Å². The van der Waals surface area contributed by atoms with E-state index in [-0.39, 0.29) is 30.0 Å². The van der Waals surface area contributed by atoms with Crippen molar-refractivity contribution in [3.63, 3.8) is 0 Å². The fourth-order valence-electron chi connectivity index (χ4n) is 2.97. The Morgan fingerprint density at radius 2 is 2.00 bits per heavy atom. The number of pyridine rings is 1. The van der Waals surface area contributed by atoms with Crippen LogP contribution < -0.4 is 14.8 Å². The second kappa shape index (κ2) is 8.42. The summed E-state index contributed by atoms with van der Waals surface area (Å²) in [5, 5.41) is 7.91. The Labute approximate surface area is 166 Å². The number of rotatable bonds is 7. The van der Waals surface area contributed by atoms with Crippen LogP contribution in [-0.4, -0.2) is 34.4 Å². The standard InChI is InChI=1S/C20H22F2N4O3/c1-11(2)26-18-14(10-24-26)8-15(12(3)25-18)19(27)23-9-13-5-6-16(29-20(21)22)17(7-13)28-4/h5-8,10-11,20H,9H2,1-4H3,(H,23,27). The lowest BCUT2D eigenvalue weighted by molar-refractivity contribution is -0.0512. The Kier molecular flexibility index (Phi) is 5.95. The monoisotopic (exact) mass is 404 g/mol. The molecule has 0 spiro atoms. The predicted molar refractivity (Wildman–Crippen MR) is 103 cm³/mol. The molecule has 0 bridgehead atoms. The van der Waals surface area contributed by atoms with Crippen LogP contribution in [0.1, 0.15) is 41.5 Å². The van der Waals surface area contributed by atoms with Crippen molar-refractivity contribution in [1.29, 1.82) is 0 Å². The minimum atomic E-state index is -2.94. The number of halogens is 2. The smallest absolute Gasteiger partial charge is 0.387 e. The lowest BCUT2D eigenvalue weighted by atomic mass is 10.1. The number of ether oxygens (including phenoxy) is 2. The molecule has 0 aliphatic heterocycles. The Morgan fingerprint density at radius 3 is 2.66 bits per heavy atom. The highest BCUT2D eigenvalue weighted by molar-refractivity contribution is 5.98. The van der Waals surface area contributed by atoms with Gasteiger partial charge in [-0.15, -0.1) is 0 Å². The summed E-state index contributed by atoms with van der Waals surface area (Å²) >= 11 is 0. The van der Waals surface area contributed by atoms with Gasteiger partial charge in [0.2, 0.25) is 0 Å². The summed E-state index contributed by atoms with van der Waals surface area (Å²) in [7, 11) is 1.36. The molecule has 0 fully saturated rings. The normalized spacial score (nSPS) is 11.3. The molecule has 2 aromatic heterocycles. The third-order valence-corrected chi connectivity index (χ3v) is 4.39. The average Bonchev–Trinajstić information content (AvgIpc) is 3.08. The number of alkyl halides is 2. The van der Waals surface area contributed by atoms with Crippen LogP contribution in [-0.2, 0) is 6.54 Å². The van der Waals surface area contributed by atoms with Gasteiger partial charge in [0.05, 0.1) is 24.6 Å². The van der Waals surface area contributed by atoms with Crippen molar-refractivity contribution in [1.82, 2.24) is 20.1 Å². The number of carbonyl (C=O) groups excluding carboxylic acids is 1. The highest BCUT2D eigenvalue weighted by Gasteiger charge is 2.16. The zero-order valence-corrected chi connectivity index (χ0v) is 16.6. The summed E-state index contributed by atoms with van der Waals surface area (Å²) in [5.74, 6) is -0.191. The molecule has 7 nitrogen and oxygen atoms in total. The minimum absolute atomic E-state index is 0.0646. The van der Waals surface area contributed by atoms with Gasteiger partial charge in [0.1, 0.15) is 0 Å². The summed E-state index contributed by atoms with van der Waals surface area (Å²) in [5.41, 5.74) is 2.45. The van der Waals surface area contributed by atoms with Gasteiger partial charge in [-0.3, -0.25) is 4.79 Å². The van der Waals surface area contributed by atoms with Crippen LogP contribution in [0.3, 0.4) is 0 Å². The Bertz CT molecular complexity index is 1030. The van der Waals surface area contributed by atoms with E-state index in [0.29, 0.717) is 16.8 Å². The maximum atomic E-state index is 12.7. The summed E-state index contributed by atoms with van der Waals surface area (Å²) in [6, 6.07) is 6.43. The number of fused-ring (bicyclic) bond motifs is 1. The summed E-state index contributed by atoms with van der Waals surface area (Å²) in [6.07, 6.45) is 1.69. The molecule has 9 heteroatoms. The second-order valence-electron chi connectivity index (χ2n) is 6.76. The van der Waals surface area contributed by atoms with E-state index in [1.54, 1.807) is 36.0 Å². The van der Waals surface area contributed by atoms with Crippen LogP contribution in [0, 0.1) is 6.92 Å². The number of hydrogen-bond acceptors (Lipinski definition) is 5. The zero-order chi connectivity index (χ0) is 21.1. The molecule has 0 unspecified atom stereocenters. The molecule has 0 atom stereocenters. The molecular formula is C20H22F2N4O3. The lowest BCUT2D eigenvalue weighted by Gasteiger charge is -2.12. The maximum absolute atomic E-state index is 12.7. The molecule has 1 N–H and O–H groups in total. The van der Waals surface area contributed by atoms with Gasteiger partial charge in [0.25, 0.3) is 5.91 Å². The number of methoxy groups -OCH3 is 1. The van der Waals surface area contributed by atoms with E-state index in [2.05, 4.69) is 20.1 Å². The fraction of sp³-hybridized carbons (Fsp3) is 0.350. The molecule has 1 aromatic carbocycles. The highest BCUT2D eigenvalue weighted by atomic mass is 19.3. The number of hydrogen-bond donors (Lipinski definition) is 1. The fourth-order valence-corrected chi connectivity index (χ4v) is 2.97. The van der Waals surface area contributed by atoms with Gasteiger partial charge >= 0.3 is 6.61 Å². The average molecular weight is 404 g/mol. The number of benzene rings is 1. The van der Waals surface area contributed by atoms with Crippen molar-refractivity contribution in [2.45, 2.75) is 40.0 Å². The van der Waals surface area contributed by atoms with E-state index < -0.39 is 6.61 Å². The third kappa shape index (κ3) is 4.44. The molecule has 0 radical (unpaired) electrons. The van der Waals surface area contributed by atoms with Crippen molar-refractivity contribution < 1.29 is 23.0 Å². The van der Waals surface area contributed by atoms with E-state index in [1.165, 1.54) is 13.2 Å². The predicted octanol–water partition coefficient (Wildman–Crippen LogP) is 3.86. The number of nitrogens with zero attached hydrogens (tertiary/aromatic N) is 3. The molecule has 1 amide bonds. The Balaban J connectivity index is 1.76. The number of aromatic nitrogens is 3. The van der Waals surface area contributed by atoms with E-state index >= 15 is 0 Å². The molecular weight excluding hydrogens is 382 g/mol. The SMILES string of the molecule is COc1cc(CNC(=O)c2cc3cnn(C(C)C)c3nc2C)ccc1OC(F)F. The van der Waals surface area contributed by atoms with Gasteiger partial charge in [-0.1, -0.05) is 6.07 Å². The third-order valence-electron chi connectivity index (χ3n) is 4.39. The van der Waals surface area contributed by atoms with Gasteiger partial charge in [-0.05, 0) is 44.5 Å². The van der Waals surface area contributed by atoms with Crippen molar-refractivity contribution in [3.8, 4) is 11.5 Å². The Morgan fingerprint density at radius 1 is 1.24 bits per heavy atom. The molecule has 154 valence electrons. The first-order chi connectivity index (χ1) is 13.8. The van der Waals surface area contributed by atoms with Crippen molar-refractivity contribution in [2.75, 3.05) is 7.11 Å². The van der Waals surface area contributed by atoms with Crippen LogP contribution in [0.25, 0.3) is 11.0 Å². The van der Waals surface area contributed by atoms with Crippen molar-refractivity contribution in [3.05, 3.63) is 47.3 Å². The van der Waals surface area contributed by atoms with E-state index in [9.17, 15) is 13.6 Å². The van der Waals surface area contributed by atoms with E-state index in [1.807, 2.05) is 13.8 Å². The molecule has 3 aromatic rings. The van der Waals surface area contributed by atoms with Crippen LogP contribution in [0.2, 0.25) is 0 Å². The van der Waals surface area contributed by atoms with E-state index in [0.717, 1.165) is 11.0 Å². The molecule has 0 saturated heterocycles. The quantitative estimate of drug-likeness (QED) is 0.647. The van der Waals surface area contributed by atoms with Crippen LogP contribution in [0.4, 0.5) is 8.78 Å².